The van der Waals surface area contributed by atoms with E-state index in [4.69, 9.17) is 19.2 Å². The summed E-state index contributed by atoms with van der Waals surface area (Å²) in [5, 5.41) is 0.620. The molecule has 168 valence electrons. The Morgan fingerprint density at radius 2 is 1.73 bits per heavy atom. The van der Waals surface area contributed by atoms with Gasteiger partial charge >= 0.3 is 0 Å². The first-order valence-corrected chi connectivity index (χ1v) is 11.4. The summed E-state index contributed by atoms with van der Waals surface area (Å²) in [6, 6.07) is 20.5. The fourth-order valence-corrected chi connectivity index (χ4v) is 4.50. The third-order valence-electron chi connectivity index (χ3n) is 5.21. The summed E-state index contributed by atoms with van der Waals surface area (Å²) in [4.78, 5) is 22.3. The van der Waals surface area contributed by atoms with Gasteiger partial charge in [-0.1, -0.05) is 41.7 Å². The summed E-state index contributed by atoms with van der Waals surface area (Å²) in [7, 11) is 3.96. The van der Waals surface area contributed by atoms with Crippen molar-refractivity contribution < 1.29 is 19.0 Å². The molecule has 0 atom stereocenters. The number of para-hydroxylation sites is 2. The van der Waals surface area contributed by atoms with Gasteiger partial charge in [0.1, 0.15) is 11.5 Å². The van der Waals surface area contributed by atoms with Gasteiger partial charge < -0.3 is 19.1 Å². The van der Waals surface area contributed by atoms with E-state index in [9.17, 15) is 4.79 Å². The molecule has 1 aliphatic rings. The highest BCUT2D eigenvalue weighted by Gasteiger charge is 2.25. The number of aromatic nitrogens is 1. The van der Waals surface area contributed by atoms with Crippen LogP contribution in [0.3, 0.4) is 0 Å². The number of benzene rings is 3. The van der Waals surface area contributed by atoms with E-state index in [1.54, 1.807) is 11.0 Å². The van der Waals surface area contributed by atoms with Gasteiger partial charge in [0.05, 0.1) is 15.8 Å². The molecule has 1 aromatic heterocycles. The minimum absolute atomic E-state index is 0.164. The molecule has 0 saturated heterocycles. The predicted octanol–water partition coefficient (Wildman–Crippen LogP) is 5.03. The van der Waals surface area contributed by atoms with Crippen molar-refractivity contribution in [3.63, 3.8) is 0 Å². The van der Waals surface area contributed by atoms with E-state index < -0.39 is 0 Å². The zero-order valence-electron chi connectivity index (χ0n) is 18.4. The van der Waals surface area contributed by atoms with Crippen molar-refractivity contribution in [2.45, 2.75) is 0 Å². The molecule has 0 fully saturated rings. The van der Waals surface area contributed by atoms with Gasteiger partial charge in [0.25, 0.3) is 5.91 Å². The largest absolute Gasteiger partial charge is 0.457 e. The first-order valence-electron chi connectivity index (χ1n) is 10.6. The Morgan fingerprint density at radius 3 is 2.52 bits per heavy atom. The van der Waals surface area contributed by atoms with E-state index in [0.29, 0.717) is 46.8 Å². The lowest BCUT2D eigenvalue weighted by Crippen LogP contribution is -2.36. The summed E-state index contributed by atoms with van der Waals surface area (Å²) < 4.78 is 18.0. The van der Waals surface area contributed by atoms with E-state index in [1.807, 2.05) is 79.7 Å². The van der Waals surface area contributed by atoms with Crippen LogP contribution in [0, 0.1) is 0 Å². The van der Waals surface area contributed by atoms with Crippen LogP contribution < -0.4 is 19.1 Å². The Labute approximate surface area is 195 Å². The molecule has 3 aromatic carbocycles. The summed E-state index contributed by atoms with van der Waals surface area (Å²) in [6.45, 7) is 1.38. The standard InChI is InChI=1S/C25H23N3O4S/c1-27(2)12-13-28(25-26-19-14-21-22(31-16-30-21)15-23(19)33-25)24(29)18-10-6-7-11-20(18)32-17-8-4-3-5-9-17/h3-11,14-15H,12-13,16H2,1-2H3. The number of rotatable bonds is 7. The number of likely N-dealkylation sites (N-methyl/N-ethyl adjacent to an activating group) is 1. The second-order valence-electron chi connectivity index (χ2n) is 7.84. The zero-order chi connectivity index (χ0) is 22.8. The smallest absolute Gasteiger partial charge is 0.263 e. The maximum absolute atomic E-state index is 13.8. The second kappa shape index (κ2) is 9.09. The summed E-state index contributed by atoms with van der Waals surface area (Å²) in [5.74, 6) is 2.39. The monoisotopic (exact) mass is 461 g/mol. The van der Waals surface area contributed by atoms with Gasteiger partial charge in [-0.05, 0) is 38.4 Å². The Kier molecular flexibility index (Phi) is 5.85. The molecule has 0 radical (unpaired) electrons. The number of ether oxygens (including phenoxy) is 3. The van der Waals surface area contributed by atoms with Crippen LogP contribution in [0.4, 0.5) is 5.13 Å². The molecule has 1 amide bonds. The second-order valence-corrected chi connectivity index (χ2v) is 8.85. The van der Waals surface area contributed by atoms with Gasteiger partial charge in [-0.3, -0.25) is 9.69 Å². The van der Waals surface area contributed by atoms with E-state index >= 15 is 0 Å². The highest BCUT2D eigenvalue weighted by Crippen LogP contribution is 2.40. The number of amides is 1. The summed E-state index contributed by atoms with van der Waals surface area (Å²) in [6.07, 6.45) is 0. The van der Waals surface area contributed by atoms with Gasteiger partial charge in [-0.15, -0.1) is 0 Å². The Morgan fingerprint density at radius 1 is 1.00 bits per heavy atom. The SMILES string of the molecule is CN(C)CCN(C(=O)c1ccccc1Oc1ccccc1)c1nc2cc3c(cc2s1)OCO3. The van der Waals surface area contributed by atoms with Gasteiger partial charge in [0.15, 0.2) is 16.6 Å². The van der Waals surface area contributed by atoms with Crippen molar-refractivity contribution in [3.05, 3.63) is 72.3 Å². The third kappa shape index (κ3) is 4.48. The van der Waals surface area contributed by atoms with Crippen molar-refractivity contribution in [1.82, 2.24) is 9.88 Å². The first-order chi connectivity index (χ1) is 16.1. The number of anilines is 1. The van der Waals surface area contributed by atoms with Gasteiger partial charge in [-0.25, -0.2) is 4.98 Å². The van der Waals surface area contributed by atoms with E-state index in [-0.39, 0.29) is 12.7 Å². The maximum atomic E-state index is 13.8. The molecular weight excluding hydrogens is 438 g/mol. The average molecular weight is 462 g/mol. The lowest BCUT2D eigenvalue weighted by Gasteiger charge is -2.23. The Hall–Kier alpha value is -3.62. The molecule has 1 aliphatic heterocycles. The van der Waals surface area contributed by atoms with Crippen LogP contribution in [0.25, 0.3) is 10.2 Å². The van der Waals surface area contributed by atoms with Crippen LogP contribution in [0.1, 0.15) is 10.4 Å². The van der Waals surface area contributed by atoms with Gasteiger partial charge in [0.2, 0.25) is 6.79 Å². The van der Waals surface area contributed by atoms with Crippen LogP contribution in [-0.2, 0) is 0 Å². The predicted molar refractivity (Wildman–Crippen MR) is 129 cm³/mol. The van der Waals surface area contributed by atoms with Crippen molar-refractivity contribution in [2.75, 3.05) is 38.9 Å². The van der Waals surface area contributed by atoms with E-state index in [0.717, 1.165) is 10.2 Å². The number of hydrogen-bond acceptors (Lipinski definition) is 7. The molecule has 0 bridgehead atoms. The minimum Gasteiger partial charge on any atom is -0.457 e. The first kappa shape index (κ1) is 21.2. The van der Waals surface area contributed by atoms with Crippen molar-refractivity contribution in [1.29, 1.82) is 0 Å². The summed E-state index contributed by atoms with van der Waals surface area (Å²) in [5.41, 5.74) is 1.25. The highest BCUT2D eigenvalue weighted by molar-refractivity contribution is 7.22. The van der Waals surface area contributed by atoms with Crippen LogP contribution in [0.5, 0.6) is 23.0 Å². The molecule has 0 N–H and O–H groups in total. The number of nitrogens with zero attached hydrogens (tertiary/aromatic N) is 3. The van der Waals surface area contributed by atoms with Crippen molar-refractivity contribution in [3.8, 4) is 23.0 Å². The van der Waals surface area contributed by atoms with Gasteiger partial charge in [0, 0.05) is 25.2 Å². The molecule has 2 heterocycles. The van der Waals surface area contributed by atoms with Crippen molar-refractivity contribution in [2.24, 2.45) is 0 Å². The Balaban J connectivity index is 1.51. The molecule has 4 aromatic rings. The maximum Gasteiger partial charge on any atom is 0.263 e. The van der Waals surface area contributed by atoms with Crippen LogP contribution in [0.2, 0.25) is 0 Å². The van der Waals surface area contributed by atoms with Crippen LogP contribution in [0.15, 0.2) is 66.7 Å². The number of fused-ring (bicyclic) bond motifs is 2. The highest BCUT2D eigenvalue weighted by atomic mass is 32.1. The van der Waals surface area contributed by atoms with Gasteiger partial charge in [-0.2, -0.15) is 0 Å². The number of thiazole rings is 1. The molecule has 8 heteroatoms. The third-order valence-corrected chi connectivity index (χ3v) is 6.25. The molecule has 7 nitrogen and oxygen atoms in total. The summed E-state index contributed by atoms with van der Waals surface area (Å²) >= 11 is 1.45. The quantitative estimate of drug-likeness (QED) is 0.385. The molecule has 0 aliphatic carbocycles. The normalized spacial score (nSPS) is 12.3. The molecule has 5 rings (SSSR count). The molecule has 0 saturated carbocycles. The van der Waals surface area contributed by atoms with E-state index in [2.05, 4.69) is 0 Å². The molecular formula is C25H23N3O4S. The van der Waals surface area contributed by atoms with Crippen LogP contribution >= 0.6 is 11.3 Å². The number of carbonyl (C=O) groups excluding carboxylic acids is 1. The van der Waals surface area contributed by atoms with E-state index in [1.165, 1.54) is 11.3 Å². The molecule has 0 spiro atoms. The average Bonchev–Trinajstić information content (AvgIpc) is 3.44. The zero-order valence-corrected chi connectivity index (χ0v) is 19.2. The fourth-order valence-electron chi connectivity index (χ4n) is 3.50. The minimum atomic E-state index is -0.164. The Bertz CT molecular complexity index is 1250. The lowest BCUT2D eigenvalue weighted by molar-refractivity contribution is 0.0983. The number of carbonyl (C=O) groups is 1. The number of hydrogen-bond donors (Lipinski definition) is 0. The fraction of sp³-hybridized carbons (Fsp3) is 0.200. The van der Waals surface area contributed by atoms with Crippen LogP contribution in [-0.4, -0.2) is 49.8 Å². The molecule has 33 heavy (non-hydrogen) atoms. The topological polar surface area (TPSA) is 64.1 Å². The van der Waals surface area contributed by atoms with Crippen molar-refractivity contribution >= 4 is 32.6 Å². The lowest BCUT2D eigenvalue weighted by atomic mass is 10.1. The molecule has 0 unspecified atom stereocenters.